The molecule has 5 rings (SSSR count). The molecule has 2 atom stereocenters. The highest BCUT2D eigenvalue weighted by Crippen LogP contribution is 2.36. The van der Waals surface area contributed by atoms with Gasteiger partial charge in [0.05, 0.1) is 7.11 Å². The summed E-state index contributed by atoms with van der Waals surface area (Å²) in [6.07, 6.45) is -0.899. The van der Waals surface area contributed by atoms with Crippen LogP contribution in [0.15, 0.2) is 97.1 Å². The van der Waals surface area contributed by atoms with Crippen molar-refractivity contribution >= 4 is 11.9 Å². The fourth-order valence-electron chi connectivity index (χ4n) is 4.97. The van der Waals surface area contributed by atoms with Crippen LogP contribution >= 0.6 is 0 Å². The number of hydrogen-bond donors (Lipinski definition) is 1. The Labute approximate surface area is 233 Å². The van der Waals surface area contributed by atoms with Crippen molar-refractivity contribution < 1.29 is 28.9 Å². The van der Waals surface area contributed by atoms with E-state index in [1.807, 2.05) is 67.6 Å². The van der Waals surface area contributed by atoms with Gasteiger partial charge in [0, 0.05) is 24.1 Å². The number of rotatable bonds is 9. The molecule has 1 heterocycles. The highest BCUT2D eigenvalue weighted by Gasteiger charge is 2.40. The van der Waals surface area contributed by atoms with Gasteiger partial charge in [-0.15, -0.1) is 0 Å². The van der Waals surface area contributed by atoms with Crippen molar-refractivity contribution in [2.24, 2.45) is 0 Å². The maximum absolute atomic E-state index is 14.1. The Bertz CT molecular complexity index is 1470. The summed E-state index contributed by atoms with van der Waals surface area (Å²) < 4.78 is 17.7. The smallest absolute Gasteiger partial charge is 0.326 e. The Kier molecular flexibility index (Phi) is 8.01. The van der Waals surface area contributed by atoms with Gasteiger partial charge in [0.1, 0.15) is 29.9 Å². The number of carboxylic acid groups (broad SMARTS) is 1. The van der Waals surface area contributed by atoms with Crippen molar-refractivity contribution in [2.75, 3.05) is 7.11 Å². The zero-order valence-electron chi connectivity index (χ0n) is 22.4. The van der Waals surface area contributed by atoms with Crippen molar-refractivity contribution in [1.29, 1.82) is 0 Å². The van der Waals surface area contributed by atoms with Crippen LogP contribution in [-0.4, -0.2) is 35.0 Å². The number of methoxy groups -OCH3 is 1. The molecule has 204 valence electrons. The molecule has 7 nitrogen and oxygen atoms in total. The number of carbonyl (C=O) groups is 2. The van der Waals surface area contributed by atoms with E-state index < -0.39 is 24.0 Å². The molecule has 1 amide bonds. The predicted octanol–water partition coefficient (Wildman–Crippen LogP) is 5.74. The lowest BCUT2D eigenvalue weighted by molar-refractivity contribution is -0.155. The molecule has 0 aliphatic carbocycles. The third kappa shape index (κ3) is 5.78. The summed E-state index contributed by atoms with van der Waals surface area (Å²) >= 11 is 0. The van der Waals surface area contributed by atoms with Gasteiger partial charge in [-0.2, -0.15) is 0 Å². The number of aryl methyl sites for hydroxylation is 1. The minimum Gasteiger partial charge on any atom is -0.497 e. The van der Waals surface area contributed by atoms with E-state index in [-0.39, 0.29) is 13.0 Å². The van der Waals surface area contributed by atoms with Crippen LogP contribution in [0, 0.1) is 6.92 Å². The normalized spacial score (nSPS) is 15.1. The van der Waals surface area contributed by atoms with Gasteiger partial charge in [-0.25, -0.2) is 4.79 Å². The lowest BCUT2D eigenvalue weighted by Gasteiger charge is -2.37. The second kappa shape index (κ2) is 11.9. The fourth-order valence-corrected chi connectivity index (χ4v) is 4.97. The summed E-state index contributed by atoms with van der Waals surface area (Å²) in [5, 5.41) is 10.3. The average molecular weight is 538 g/mol. The summed E-state index contributed by atoms with van der Waals surface area (Å²) in [4.78, 5) is 28.1. The predicted molar refractivity (Wildman–Crippen MR) is 150 cm³/mol. The number of fused-ring (bicyclic) bond motifs is 1. The Morgan fingerprint density at radius 3 is 2.20 bits per heavy atom. The third-order valence-corrected chi connectivity index (χ3v) is 7.10. The third-order valence-electron chi connectivity index (χ3n) is 7.10. The van der Waals surface area contributed by atoms with Crippen LogP contribution in [0.2, 0.25) is 0 Å². The van der Waals surface area contributed by atoms with Crippen LogP contribution < -0.4 is 14.2 Å². The van der Waals surface area contributed by atoms with E-state index in [1.165, 1.54) is 4.90 Å². The number of ether oxygens (including phenoxy) is 3. The first-order valence-electron chi connectivity index (χ1n) is 13.1. The van der Waals surface area contributed by atoms with Crippen molar-refractivity contribution in [3.8, 4) is 17.2 Å². The second-order valence-electron chi connectivity index (χ2n) is 9.73. The molecule has 1 aliphatic heterocycles. The molecule has 0 aromatic heterocycles. The Morgan fingerprint density at radius 1 is 0.900 bits per heavy atom. The molecule has 0 radical (unpaired) electrons. The maximum Gasteiger partial charge on any atom is 0.326 e. The van der Waals surface area contributed by atoms with Crippen LogP contribution in [-0.2, 0) is 29.2 Å². The van der Waals surface area contributed by atoms with Crippen molar-refractivity contribution in [1.82, 2.24) is 4.90 Å². The molecular formula is C33H31NO6. The van der Waals surface area contributed by atoms with Gasteiger partial charge in [-0.3, -0.25) is 4.79 Å². The minimum absolute atomic E-state index is 0.127. The number of carbonyl (C=O) groups excluding carboxylic acids is 1. The summed E-state index contributed by atoms with van der Waals surface area (Å²) in [6, 6.07) is 28.7. The number of nitrogens with zero attached hydrogens (tertiary/aromatic N) is 1. The van der Waals surface area contributed by atoms with Crippen LogP contribution in [0.5, 0.6) is 17.2 Å². The van der Waals surface area contributed by atoms with Crippen molar-refractivity contribution in [3.63, 3.8) is 0 Å². The molecule has 0 saturated carbocycles. The summed E-state index contributed by atoms with van der Waals surface area (Å²) in [6.45, 7) is 2.44. The highest BCUT2D eigenvalue weighted by atomic mass is 16.5. The first kappa shape index (κ1) is 26.8. The summed E-state index contributed by atoms with van der Waals surface area (Å²) in [5.41, 5.74) is 4.25. The second-order valence-corrected chi connectivity index (χ2v) is 9.73. The van der Waals surface area contributed by atoms with Gasteiger partial charge in [-0.1, -0.05) is 72.8 Å². The topological polar surface area (TPSA) is 85.3 Å². The molecule has 0 unspecified atom stereocenters. The van der Waals surface area contributed by atoms with E-state index in [4.69, 9.17) is 14.2 Å². The zero-order chi connectivity index (χ0) is 28.1. The Morgan fingerprint density at radius 2 is 1.55 bits per heavy atom. The zero-order valence-corrected chi connectivity index (χ0v) is 22.4. The molecule has 0 fully saturated rings. The molecule has 40 heavy (non-hydrogen) atoms. The SMILES string of the molecule is COc1ccc(O[C@@H](C(=O)N2Cc3ccc(C)c(OCc4ccccc4)c3C[C@H]2C(=O)O)c2ccccc2)cc1. The van der Waals surface area contributed by atoms with Crippen molar-refractivity contribution in [3.05, 3.63) is 125 Å². The van der Waals surface area contributed by atoms with Crippen LogP contribution in [0.4, 0.5) is 0 Å². The number of aliphatic carboxylic acids is 1. The number of benzene rings is 4. The standard InChI is InChI=1S/C33H31NO6/c1-22-13-14-25-20-34(29(33(36)37)19-28(25)30(22)39-21-23-9-5-3-6-10-23)32(35)31(24-11-7-4-8-12-24)40-27-17-15-26(38-2)16-18-27/h3-18,29,31H,19-21H2,1-2H3,(H,36,37)/t29-,31+/m0/s1. The average Bonchev–Trinajstić information content (AvgIpc) is 2.99. The quantitative estimate of drug-likeness (QED) is 0.293. The molecule has 7 heteroatoms. The van der Waals surface area contributed by atoms with Crippen LogP contribution in [0.25, 0.3) is 0 Å². The van der Waals surface area contributed by atoms with Gasteiger partial charge < -0.3 is 24.2 Å². The van der Waals surface area contributed by atoms with Gasteiger partial charge in [0.2, 0.25) is 6.10 Å². The minimum atomic E-state index is -1.08. The van der Waals surface area contributed by atoms with Gasteiger partial charge in [0.15, 0.2) is 0 Å². The van der Waals surface area contributed by atoms with Crippen LogP contribution in [0.3, 0.4) is 0 Å². The van der Waals surface area contributed by atoms with E-state index >= 15 is 0 Å². The van der Waals surface area contributed by atoms with Crippen LogP contribution in [0.1, 0.15) is 33.9 Å². The lowest BCUT2D eigenvalue weighted by Crippen LogP contribution is -2.51. The van der Waals surface area contributed by atoms with Gasteiger partial charge in [-0.05, 0) is 47.9 Å². The molecular weight excluding hydrogens is 506 g/mol. The summed E-state index contributed by atoms with van der Waals surface area (Å²) in [5.74, 6) is 0.306. The molecule has 0 bridgehead atoms. The number of amides is 1. The Balaban J connectivity index is 1.46. The molecule has 0 spiro atoms. The Hall–Kier alpha value is -4.78. The first-order chi connectivity index (χ1) is 19.4. The van der Waals surface area contributed by atoms with E-state index in [0.717, 1.165) is 22.3 Å². The molecule has 1 aliphatic rings. The van der Waals surface area contributed by atoms with Gasteiger partial charge >= 0.3 is 5.97 Å². The molecule has 4 aromatic rings. The van der Waals surface area contributed by atoms with E-state index in [1.54, 1.807) is 43.5 Å². The lowest BCUT2D eigenvalue weighted by atomic mass is 9.90. The van der Waals surface area contributed by atoms with E-state index in [9.17, 15) is 14.7 Å². The summed E-state index contributed by atoms with van der Waals surface area (Å²) in [7, 11) is 1.58. The molecule has 0 saturated heterocycles. The van der Waals surface area contributed by atoms with Crippen molar-refractivity contribution in [2.45, 2.75) is 38.6 Å². The number of hydrogen-bond acceptors (Lipinski definition) is 5. The van der Waals surface area contributed by atoms with E-state index in [2.05, 4.69) is 0 Å². The molecule has 4 aromatic carbocycles. The van der Waals surface area contributed by atoms with E-state index in [0.29, 0.717) is 29.4 Å². The number of carboxylic acids is 1. The fraction of sp³-hybridized carbons (Fsp3) is 0.212. The largest absolute Gasteiger partial charge is 0.497 e. The maximum atomic E-state index is 14.1. The first-order valence-corrected chi connectivity index (χ1v) is 13.1. The molecule has 1 N–H and O–H groups in total. The monoisotopic (exact) mass is 537 g/mol. The van der Waals surface area contributed by atoms with Gasteiger partial charge in [0.25, 0.3) is 5.91 Å². The highest BCUT2D eigenvalue weighted by molar-refractivity contribution is 5.88.